The molecule has 2 aliphatic heterocycles. The summed E-state index contributed by atoms with van der Waals surface area (Å²) >= 11 is 0. The van der Waals surface area contributed by atoms with E-state index in [4.69, 9.17) is 28.4 Å². The largest absolute Gasteiger partial charge is 0.457 e. The zero-order valence-corrected chi connectivity index (χ0v) is 43.2. The second-order valence-electron chi connectivity index (χ2n) is 18.3. The van der Waals surface area contributed by atoms with Gasteiger partial charge in [0.05, 0.1) is 26.4 Å². The molecule has 2 aliphatic rings. The summed E-state index contributed by atoms with van der Waals surface area (Å²) in [4.78, 5) is 13.0. The minimum absolute atomic E-state index is 0.0246. The van der Waals surface area contributed by atoms with Crippen molar-refractivity contribution in [1.29, 1.82) is 0 Å². The Hall–Kier alpha value is -3.09. The van der Waals surface area contributed by atoms with Gasteiger partial charge < -0.3 is 64.2 Å². The predicted molar refractivity (Wildman–Crippen MR) is 279 cm³/mol. The van der Waals surface area contributed by atoms with Crippen LogP contribution in [0.2, 0.25) is 0 Å². The number of rotatable bonds is 41. The van der Waals surface area contributed by atoms with E-state index in [0.717, 1.165) is 77.0 Å². The molecule has 0 spiro atoms. The molecule has 7 N–H and O–H groups in total. The van der Waals surface area contributed by atoms with Crippen LogP contribution in [0, 0.1) is 0 Å². The lowest BCUT2D eigenvalue weighted by Crippen LogP contribution is -2.61. The van der Waals surface area contributed by atoms with Gasteiger partial charge in [-0.05, 0) is 77.0 Å². The summed E-state index contributed by atoms with van der Waals surface area (Å²) in [5, 5.41) is 72.2. The van der Waals surface area contributed by atoms with Gasteiger partial charge in [0.2, 0.25) is 0 Å². The molecule has 0 amide bonds. The van der Waals surface area contributed by atoms with E-state index in [1.165, 1.54) is 51.4 Å². The summed E-state index contributed by atoms with van der Waals surface area (Å²) in [5.74, 6) is -0.460. The third-order valence-electron chi connectivity index (χ3n) is 12.1. The number of unbranched alkanes of at least 4 members (excludes halogenated alkanes) is 11. The summed E-state index contributed by atoms with van der Waals surface area (Å²) in [6.45, 7) is 3.33. The third-order valence-corrected chi connectivity index (χ3v) is 12.1. The van der Waals surface area contributed by atoms with Crippen LogP contribution in [0.4, 0.5) is 0 Å². The molecular formula is C57H94O14. The van der Waals surface area contributed by atoms with Crippen molar-refractivity contribution in [2.24, 2.45) is 0 Å². The van der Waals surface area contributed by atoms with Crippen LogP contribution < -0.4 is 0 Å². The van der Waals surface area contributed by atoms with Crippen molar-refractivity contribution in [3.8, 4) is 0 Å². The molecule has 0 aromatic heterocycles. The summed E-state index contributed by atoms with van der Waals surface area (Å²) in [5.41, 5.74) is 0. The van der Waals surface area contributed by atoms with E-state index in [2.05, 4.69) is 98.9 Å². The SMILES string of the molecule is CC/C=C\C/C=C\C/C=C\C/C=C\CCCCCCCCCCCCCOCC(COC1OC(COC2OC(CO)C(O)C(O)C2O)C(O)C(O)C1O)OC(=O)CC/C=C\C/C=C\C/C=C\C/C=C\CC. The Kier molecular flexibility index (Phi) is 39.1. The molecule has 0 radical (unpaired) electrons. The molecule has 2 fully saturated rings. The van der Waals surface area contributed by atoms with E-state index in [1.54, 1.807) is 0 Å². The van der Waals surface area contributed by atoms with Crippen LogP contribution in [0.1, 0.15) is 155 Å². The second kappa shape index (κ2) is 43.3. The molecule has 2 saturated heterocycles. The molecule has 0 aromatic rings. The Labute approximate surface area is 426 Å². The van der Waals surface area contributed by atoms with Gasteiger partial charge in [-0.2, -0.15) is 0 Å². The fourth-order valence-electron chi connectivity index (χ4n) is 7.82. The summed E-state index contributed by atoms with van der Waals surface area (Å²) in [6.07, 6.45) is 40.7. The maximum atomic E-state index is 13.0. The van der Waals surface area contributed by atoms with E-state index in [-0.39, 0.29) is 19.6 Å². The molecule has 71 heavy (non-hydrogen) atoms. The van der Waals surface area contributed by atoms with Crippen molar-refractivity contribution in [3.63, 3.8) is 0 Å². The van der Waals surface area contributed by atoms with Gasteiger partial charge in [-0.15, -0.1) is 0 Å². The van der Waals surface area contributed by atoms with E-state index in [1.807, 2.05) is 12.2 Å². The van der Waals surface area contributed by atoms with Crippen LogP contribution >= 0.6 is 0 Å². The van der Waals surface area contributed by atoms with Crippen LogP contribution in [0.15, 0.2) is 97.2 Å². The molecule has 2 heterocycles. The van der Waals surface area contributed by atoms with Crippen LogP contribution in [-0.2, 0) is 33.2 Å². The monoisotopic (exact) mass is 1000 g/mol. The maximum Gasteiger partial charge on any atom is 0.306 e. The first-order valence-corrected chi connectivity index (χ1v) is 26.8. The highest BCUT2D eigenvalue weighted by atomic mass is 16.7. The number of hydrogen-bond donors (Lipinski definition) is 7. The Morgan fingerprint density at radius 2 is 0.873 bits per heavy atom. The number of aliphatic hydroxyl groups excluding tert-OH is 7. The number of carbonyl (C=O) groups excluding carboxylic acids is 1. The zero-order valence-electron chi connectivity index (χ0n) is 43.2. The van der Waals surface area contributed by atoms with E-state index >= 15 is 0 Å². The van der Waals surface area contributed by atoms with Crippen molar-refractivity contribution in [3.05, 3.63) is 97.2 Å². The number of esters is 1. The lowest BCUT2D eigenvalue weighted by Gasteiger charge is -2.42. The summed E-state index contributed by atoms with van der Waals surface area (Å²) in [7, 11) is 0. The number of aliphatic hydroxyl groups is 7. The minimum atomic E-state index is -1.72. The van der Waals surface area contributed by atoms with Gasteiger partial charge in [0.1, 0.15) is 54.9 Å². The minimum Gasteiger partial charge on any atom is -0.457 e. The first-order valence-electron chi connectivity index (χ1n) is 26.8. The van der Waals surface area contributed by atoms with Crippen LogP contribution in [-0.4, -0.2) is 142 Å². The standard InChI is InChI=1S/C57H94O14/c1-3-5-7-9-11-13-15-17-18-19-20-21-22-23-24-25-26-27-29-31-33-35-37-39-41-66-43-46(69-49(59)40-38-36-34-32-30-28-16-14-12-10-8-6-4-2)44-67-56-55(65)53(63)51(61)48(71-56)45-68-57-54(64)52(62)50(60)47(42-58)70-57/h5-8,11-14,17-18,20-21,28,30,34,36,46-48,50-58,60-65H,3-4,9-10,15-16,19,22-27,29,31-33,35,37-45H2,1-2H3/b7-5-,8-6-,13-11-,14-12-,18-17-,21-20-,30-28-,36-34-. The van der Waals surface area contributed by atoms with Gasteiger partial charge in [-0.1, -0.05) is 169 Å². The zero-order chi connectivity index (χ0) is 51.6. The molecule has 11 unspecified atom stereocenters. The lowest BCUT2D eigenvalue weighted by atomic mass is 9.98. The van der Waals surface area contributed by atoms with Gasteiger partial charge in [0.25, 0.3) is 0 Å². The molecular weight excluding hydrogens is 909 g/mol. The quantitative estimate of drug-likeness (QED) is 0.0174. The van der Waals surface area contributed by atoms with Crippen LogP contribution in [0.3, 0.4) is 0 Å². The first kappa shape index (κ1) is 64.0. The highest BCUT2D eigenvalue weighted by molar-refractivity contribution is 5.69. The third kappa shape index (κ3) is 30.6. The van der Waals surface area contributed by atoms with Gasteiger partial charge in [-0.3, -0.25) is 4.79 Å². The molecule has 0 saturated carbocycles. The average Bonchev–Trinajstić information content (AvgIpc) is 3.37. The van der Waals surface area contributed by atoms with Crippen molar-refractivity contribution in [2.75, 3.05) is 33.0 Å². The number of ether oxygens (including phenoxy) is 6. The number of hydrogen-bond acceptors (Lipinski definition) is 14. The first-order chi connectivity index (χ1) is 34.6. The van der Waals surface area contributed by atoms with Crippen molar-refractivity contribution in [2.45, 2.75) is 223 Å². The molecule has 406 valence electrons. The fraction of sp³-hybridized carbons (Fsp3) is 0.702. The van der Waals surface area contributed by atoms with Gasteiger partial charge in [-0.25, -0.2) is 0 Å². The predicted octanol–water partition coefficient (Wildman–Crippen LogP) is 8.63. The summed E-state index contributed by atoms with van der Waals surface area (Å²) < 4.78 is 34.2. The van der Waals surface area contributed by atoms with Gasteiger partial charge in [0, 0.05) is 13.0 Å². The van der Waals surface area contributed by atoms with Crippen molar-refractivity contribution in [1.82, 2.24) is 0 Å². The Bertz CT molecular complexity index is 1540. The Morgan fingerprint density at radius 1 is 0.465 bits per heavy atom. The Morgan fingerprint density at radius 3 is 1.37 bits per heavy atom. The lowest BCUT2D eigenvalue weighted by molar-refractivity contribution is -0.332. The molecule has 14 heteroatoms. The average molecular weight is 1000 g/mol. The van der Waals surface area contributed by atoms with E-state index in [0.29, 0.717) is 13.0 Å². The smallest absolute Gasteiger partial charge is 0.306 e. The molecule has 0 bridgehead atoms. The number of allylic oxidation sites excluding steroid dienone is 16. The van der Waals surface area contributed by atoms with Gasteiger partial charge in [0.15, 0.2) is 12.6 Å². The fourth-order valence-corrected chi connectivity index (χ4v) is 7.82. The van der Waals surface area contributed by atoms with Crippen molar-refractivity contribution < 1.29 is 69.0 Å². The van der Waals surface area contributed by atoms with E-state index < -0.39 is 86.7 Å². The van der Waals surface area contributed by atoms with Gasteiger partial charge >= 0.3 is 5.97 Å². The highest BCUT2D eigenvalue weighted by Gasteiger charge is 2.47. The topological polar surface area (TPSA) is 214 Å². The molecule has 11 atom stereocenters. The second-order valence-corrected chi connectivity index (χ2v) is 18.3. The highest BCUT2D eigenvalue weighted by Crippen LogP contribution is 2.26. The van der Waals surface area contributed by atoms with E-state index in [9.17, 15) is 40.5 Å². The molecule has 0 aromatic carbocycles. The number of carbonyl (C=O) groups is 1. The normalized spacial score (nSPS) is 26.1. The molecule has 14 nitrogen and oxygen atoms in total. The van der Waals surface area contributed by atoms with Crippen molar-refractivity contribution >= 4 is 5.97 Å². The van der Waals surface area contributed by atoms with Crippen LogP contribution in [0.25, 0.3) is 0 Å². The summed E-state index contributed by atoms with van der Waals surface area (Å²) in [6, 6.07) is 0. The Balaban J connectivity index is 1.73. The maximum absolute atomic E-state index is 13.0. The van der Waals surface area contributed by atoms with Crippen LogP contribution in [0.5, 0.6) is 0 Å². The molecule has 2 rings (SSSR count). The molecule has 0 aliphatic carbocycles.